The van der Waals surface area contributed by atoms with E-state index in [0.717, 1.165) is 24.8 Å². The molecule has 4 bridgehead atoms. The van der Waals surface area contributed by atoms with Crippen LogP contribution >= 0.6 is 0 Å². The molecule has 168 valence electrons. The summed E-state index contributed by atoms with van der Waals surface area (Å²) in [4.78, 5) is 24.9. The normalized spacial score (nSPS) is 31.2. The Morgan fingerprint density at radius 2 is 1.66 bits per heavy atom. The number of carbonyl (C=O) groups is 2. The lowest BCUT2D eigenvalue weighted by molar-refractivity contribution is -0.139. The average Bonchev–Trinajstić information content (AvgIpc) is 2.73. The summed E-state index contributed by atoms with van der Waals surface area (Å²) in [5, 5.41) is 15.7. The number of carboxylic acid groups (broad SMARTS) is 1. The quantitative estimate of drug-likeness (QED) is 0.625. The number of carboxylic acids is 1. The van der Waals surface area contributed by atoms with Crippen molar-refractivity contribution in [3.8, 4) is 0 Å². The first-order valence-electron chi connectivity index (χ1n) is 11.8. The number of carbonyl (C=O) groups excluding carboxylic acids is 1. The van der Waals surface area contributed by atoms with E-state index >= 15 is 0 Å². The molecule has 4 fully saturated rings. The molecule has 2 amide bonds. The molecular formula is C27H32N2O3. The van der Waals surface area contributed by atoms with Crippen LogP contribution < -0.4 is 10.6 Å². The Kier molecular flexibility index (Phi) is 5.23. The van der Waals surface area contributed by atoms with E-state index in [1.54, 1.807) is 0 Å². The van der Waals surface area contributed by atoms with E-state index in [-0.39, 0.29) is 23.4 Å². The van der Waals surface area contributed by atoms with Crippen molar-refractivity contribution >= 4 is 12.0 Å². The lowest BCUT2D eigenvalue weighted by Crippen LogP contribution is -2.66. The van der Waals surface area contributed by atoms with Crippen LogP contribution in [0.5, 0.6) is 0 Å². The summed E-state index contributed by atoms with van der Waals surface area (Å²) in [6.07, 6.45) is 6.87. The van der Waals surface area contributed by atoms with Crippen molar-refractivity contribution in [2.75, 3.05) is 0 Å². The Bertz CT molecular complexity index is 987. The van der Waals surface area contributed by atoms with Crippen molar-refractivity contribution in [1.29, 1.82) is 0 Å². The Hall–Kier alpha value is -2.82. The lowest BCUT2D eigenvalue weighted by atomic mass is 9.45. The number of hydrogen-bond acceptors (Lipinski definition) is 2. The van der Waals surface area contributed by atoms with E-state index in [2.05, 4.69) is 41.8 Å². The number of benzene rings is 2. The first-order valence-corrected chi connectivity index (χ1v) is 11.8. The van der Waals surface area contributed by atoms with Crippen molar-refractivity contribution < 1.29 is 14.7 Å². The molecule has 3 N–H and O–H groups in total. The van der Waals surface area contributed by atoms with Gasteiger partial charge in [0.15, 0.2) is 0 Å². The number of nitrogens with one attached hydrogen (secondary N) is 2. The Morgan fingerprint density at radius 1 is 1.00 bits per heavy atom. The van der Waals surface area contributed by atoms with Gasteiger partial charge in [-0.2, -0.15) is 0 Å². The van der Waals surface area contributed by atoms with Crippen LogP contribution in [0.4, 0.5) is 4.79 Å². The minimum Gasteiger partial charge on any atom is -0.480 e. The minimum atomic E-state index is -1.01. The van der Waals surface area contributed by atoms with Crippen LogP contribution in [0, 0.1) is 18.8 Å². The van der Waals surface area contributed by atoms with Gasteiger partial charge in [0.1, 0.15) is 6.04 Å². The summed E-state index contributed by atoms with van der Waals surface area (Å²) >= 11 is 0. The first-order chi connectivity index (χ1) is 15.3. The van der Waals surface area contributed by atoms with E-state index in [1.807, 2.05) is 30.3 Å². The molecule has 4 saturated carbocycles. The smallest absolute Gasteiger partial charge is 0.326 e. The number of rotatable bonds is 6. The van der Waals surface area contributed by atoms with Crippen molar-refractivity contribution in [2.24, 2.45) is 11.8 Å². The van der Waals surface area contributed by atoms with Crippen LogP contribution in [-0.2, 0) is 16.6 Å². The number of amides is 2. The van der Waals surface area contributed by atoms with Crippen LogP contribution in [0.1, 0.15) is 55.2 Å². The highest BCUT2D eigenvalue weighted by atomic mass is 16.4. The highest BCUT2D eigenvalue weighted by Gasteiger charge is 2.58. The Labute approximate surface area is 189 Å². The van der Waals surface area contributed by atoms with E-state index in [9.17, 15) is 14.7 Å². The molecule has 4 aliphatic rings. The third-order valence-corrected chi connectivity index (χ3v) is 7.99. The maximum absolute atomic E-state index is 13.0. The summed E-state index contributed by atoms with van der Waals surface area (Å²) in [6, 6.07) is 17.1. The first kappa shape index (κ1) is 21.0. The molecule has 0 spiro atoms. The largest absolute Gasteiger partial charge is 0.480 e. The molecule has 2 unspecified atom stereocenters. The molecule has 6 rings (SSSR count). The molecule has 5 nitrogen and oxygen atoms in total. The molecule has 0 radical (unpaired) electrons. The summed E-state index contributed by atoms with van der Waals surface area (Å²) in [5.41, 5.74) is 3.45. The van der Waals surface area contributed by atoms with Gasteiger partial charge in [-0.25, -0.2) is 9.59 Å². The molecule has 3 atom stereocenters. The number of urea groups is 1. The molecule has 4 aliphatic carbocycles. The maximum Gasteiger partial charge on any atom is 0.326 e. The van der Waals surface area contributed by atoms with Crippen molar-refractivity contribution in [3.05, 3.63) is 71.3 Å². The molecule has 0 aromatic heterocycles. The number of aliphatic carboxylic acids is 1. The zero-order valence-corrected chi connectivity index (χ0v) is 18.6. The SMILES string of the molecule is Cc1ccc(C23CC4CC(CC(NC(=O)N[C@@H](Cc5ccccc5)C(=O)O)(C4)C2)C3)cc1. The van der Waals surface area contributed by atoms with Crippen LogP contribution in [-0.4, -0.2) is 28.7 Å². The fourth-order valence-electron chi connectivity index (χ4n) is 7.14. The highest BCUT2D eigenvalue weighted by Crippen LogP contribution is 2.62. The molecule has 0 heterocycles. The summed E-state index contributed by atoms with van der Waals surface area (Å²) in [6.45, 7) is 2.12. The Morgan fingerprint density at radius 3 is 2.28 bits per heavy atom. The summed E-state index contributed by atoms with van der Waals surface area (Å²) in [5.74, 6) is 0.237. The number of aryl methyl sites for hydroxylation is 1. The molecule has 0 saturated heterocycles. The topological polar surface area (TPSA) is 78.4 Å². The van der Waals surface area contributed by atoms with Gasteiger partial charge in [-0.05, 0) is 73.8 Å². The van der Waals surface area contributed by atoms with Gasteiger partial charge in [0.05, 0.1) is 0 Å². The second kappa shape index (κ2) is 7.95. The summed E-state index contributed by atoms with van der Waals surface area (Å²) < 4.78 is 0. The van der Waals surface area contributed by atoms with Gasteiger partial charge in [-0.1, -0.05) is 60.2 Å². The average molecular weight is 433 g/mol. The molecule has 5 heteroatoms. The van der Waals surface area contributed by atoms with Gasteiger partial charge in [0.25, 0.3) is 0 Å². The predicted molar refractivity (Wildman–Crippen MR) is 124 cm³/mol. The van der Waals surface area contributed by atoms with Crippen LogP contribution in [0.2, 0.25) is 0 Å². The second-order valence-corrected chi connectivity index (χ2v) is 10.6. The van der Waals surface area contributed by atoms with Gasteiger partial charge in [0.2, 0.25) is 0 Å². The molecular weight excluding hydrogens is 400 g/mol. The fraction of sp³-hybridized carbons (Fsp3) is 0.481. The van der Waals surface area contributed by atoms with E-state index in [4.69, 9.17) is 0 Å². The van der Waals surface area contributed by atoms with Crippen LogP contribution in [0.3, 0.4) is 0 Å². The molecule has 2 aromatic rings. The van der Waals surface area contributed by atoms with Crippen LogP contribution in [0.25, 0.3) is 0 Å². The molecule has 0 aliphatic heterocycles. The fourth-order valence-corrected chi connectivity index (χ4v) is 7.14. The Balaban J connectivity index is 1.32. The number of hydrogen-bond donors (Lipinski definition) is 3. The van der Waals surface area contributed by atoms with Crippen molar-refractivity contribution in [2.45, 2.75) is 68.9 Å². The molecule has 32 heavy (non-hydrogen) atoms. The zero-order chi connectivity index (χ0) is 22.3. The second-order valence-electron chi connectivity index (χ2n) is 10.6. The summed E-state index contributed by atoms with van der Waals surface area (Å²) in [7, 11) is 0. The third kappa shape index (κ3) is 4.01. The predicted octanol–water partition coefficient (Wildman–Crippen LogP) is 4.58. The zero-order valence-electron chi connectivity index (χ0n) is 18.6. The standard InChI is InChI=1S/C27H32N2O3/c1-18-7-9-22(10-8-18)26-13-20-11-21(14-26)16-27(15-20,17-26)29-25(32)28-23(24(30)31)12-19-5-3-2-4-6-19/h2-10,20-21,23H,11-17H2,1H3,(H,30,31)(H2,28,29,32)/t20?,21?,23-,26?,27?/m0/s1. The van der Waals surface area contributed by atoms with Gasteiger partial charge in [-0.15, -0.1) is 0 Å². The highest BCUT2D eigenvalue weighted by molar-refractivity contribution is 5.83. The van der Waals surface area contributed by atoms with E-state index in [1.165, 1.54) is 30.4 Å². The van der Waals surface area contributed by atoms with Gasteiger partial charge in [0, 0.05) is 12.0 Å². The minimum absolute atomic E-state index is 0.126. The molecule has 2 aromatic carbocycles. The van der Waals surface area contributed by atoms with Crippen molar-refractivity contribution in [3.63, 3.8) is 0 Å². The maximum atomic E-state index is 13.0. The van der Waals surface area contributed by atoms with E-state index < -0.39 is 12.0 Å². The van der Waals surface area contributed by atoms with Crippen molar-refractivity contribution in [1.82, 2.24) is 10.6 Å². The third-order valence-electron chi connectivity index (χ3n) is 7.99. The van der Waals surface area contributed by atoms with Gasteiger partial charge < -0.3 is 15.7 Å². The van der Waals surface area contributed by atoms with Crippen LogP contribution in [0.15, 0.2) is 54.6 Å². The van der Waals surface area contributed by atoms with E-state index in [0.29, 0.717) is 11.8 Å². The monoisotopic (exact) mass is 432 g/mol. The van der Waals surface area contributed by atoms with Gasteiger partial charge in [-0.3, -0.25) is 0 Å². The lowest BCUT2D eigenvalue weighted by Gasteiger charge is -2.62. The van der Waals surface area contributed by atoms with Gasteiger partial charge >= 0.3 is 12.0 Å².